The van der Waals surface area contributed by atoms with Gasteiger partial charge >= 0.3 is 6.18 Å². The van der Waals surface area contributed by atoms with Gasteiger partial charge in [0.15, 0.2) is 5.82 Å². The van der Waals surface area contributed by atoms with E-state index in [2.05, 4.69) is 34.5 Å². The number of halogens is 4. The number of likely N-dealkylation sites (tertiary alicyclic amines) is 1. The van der Waals surface area contributed by atoms with Crippen molar-refractivity contribution in [2.75, 3.05) is 37.6 Å². The minimum absolute atomic E-state index is 0.0263. The lowest BCUT2D eigenvalue weighted by Crippen LogP contribution is -2.60. The lowest BCUT2D eigenvalue weighted by Gasteiger charge is -2.45. The maximum absolute atomic E-state index is 12.8. The van der Waals surface area contributed by atoms with E-state index in [-0.39, 0.29) is 12.0 Å². The number of aryl methyl sites for hydroxylation is 1. The Morgan fingerprint density at radius 1 is 1.05 bits per heavy atom. The molecule has 37 heavy (non-hydrogen) atoms. The monoisotopic (exact) mass is 532 g/mol. The molecule has 5 heterocycles. The smallest absolute Gasteiger partial charge is 0.341 e. The summed E-state index contributed by atoms with van der Waals surface area (Å²) in [5.41, 5.74) is 2.98. The van der Waals surface area contributed by atoms with E-state index in [0.29, 0.717) is 31.2 Å². The minimum Gasteiger partial charge on any atom is -0.341 e. The van der Waals surface area contributed by atoms with Gasteiger partial charge in [0.05, 0.1) is 18.8 Å². The van der Waals surface area contributed by atoms with Crippen LogP contribution in [0.3, 0.4) is 0 Å². The molecule has 2 saturated heterocycles. The molecule has 0 unspecified atom stereocenters. The Bertz CT molecular complexity index is 1280. The van der Waals surface area contributed by atoms with Gasteiger partial charge in [0.1, 0.15) is 5.82 Å². The predicted octanol–water partition coefficient (Wildman–Crippen LogP) is 3.97. The third-order valence-corrected chi connectivity index (χ3v) is 7.77. The average molecular weight is 533 g/mol. The number of hydrogen-bond donors (Lipinski definition) is 0. The molecule has 12 heteroatoms. The van der Waals surface area contributed by atoms with Crippen LogP contribution >= 0.6 is 11.6 Å². The third kappa shape index (κ3) is 5.04. The number of piperidine rings is 1. The summed E-state index contributed by atoms with van der Waals surface area (Å²) in [7, 11) is 0. The van der Waals surface area contributed by atoms with Crippen LogP contribution in [0.4, 0.5) is 19.1 Å². The van der Waals surface area contributed by atoms with Crippen molar-refractivity contribution >= 4 is 17.5 Å². The quantitative estimate of drug-likeness (QED) is 0.504. The fourth-order valence-electron chi connectivity index (χ4n) is 5.65. The van der Waals surface area contributed by atoms with Crippen molar-refractivity contribution in [2.24, 2.45) is 0 Å². The van der Waals surface area contributed by atoms with E-state index in [1.165, 1.54) is 4.90 Å². The van der Waals surface area contributed by atoms with Gasteiger partial charge in [-0.25, -0.2) is 9.97 Å². The summed E-state index contributed by atoms with van der Waals surface area (Å²) in [6, 6.07) is 7.75. The summed E-state index contributed by atoms with van der Waals surface area (Å²) in [5, 5.41) is 9.85. The zero-order chi connectivity index (χ0) is 25.7. The molecule has 2 fully saturated rings. The molecule has 3 aromatic rings. The van der Waals surface area contributed by atoms with Crippen molar-refractivity contribution in [3.05, 3.63) is 58.4 Å². The number of hydrogen-bond acceptors (Lipinski definition) is 7. The van der Waals surface area contributed by atoms with Gasteiger partial charge in [0, 0.05) is 61.6 Å². The Morgan fingerprint density at radius 3 is 2.57 bits per heavy atom. The summed E-state index contributed by atoms with van der Waals surface area (Å²) in [6.07, 6.45) is -0.589. The van der Waals surface area contributed by atoms with Gasteiger partial charge in [-0.2, -0.15) is 13.2 Å². The molecule has 3 aliphatic rings. The largest absolute Gasteiger partial charge is 0.401 e. The molecular weight excluding hydrogens is 505 g/mol. The lowest BCUT2D eigenvalue weighted by atomic mass is 9.95. The number of rotatable bonds is 4. The number of anilines is 1. The molecule has 0 radical (unpaired) electrons. The lowest BCUT2D eigenvalue weighted by molar-refractivity contribution is -0.161. The summed E-state index contributed by atoms with van der Waals surface area (Å²) in [4.78, 5) is 14.9. The van der Waals surface area contributed by atoms with Gasteiger partial charge < -0.3 is 4.90 Å². The molecule has 3 aliphatic heterocycles. The zero-order valence-corrected chi connectivity index (χ0v) is 21.3. The van der Waals surface area contributed by atoms with Gasteiger partial charge in [-0.1, -0.05) is 11.6 Å². The first-order valence-electron chi connectivity index (χ1n) is 12.5. The highest BCUT2D eigenvalue weighted by atomic mass is 35.5. The van der Waals surface area contributed by atoms with E-state index in [0.717, 1.165) is 60.5 Å². The summed E-state index contributed by atoms with van der Waals surface area (Å²) < 4.78 is 40.6. The van der Waals surface area contributed by atoms with Crippen LogP contribution < -0.4 is 4.90 Å². The van der Waals surface area contributed by atoms with Crippen LogP contribution in [0.25, 0.3) is 5.69 Å². The van der Waals surface area contributed by atoms with Crippen molar-refractivity contribution in [3.63, 3.8) is 0 Å². The molecule has 0 spiro atoms. The highest BCUT2D eigenvalue weighted by molar-refractivity contribution is 6.30. The second-order valence-electron chi connectivity index (χ2n) is 10.2. The molecule has 0 saturated carbocycles. The molecule has 196 valence electrons. The van der Waals surface area contributed by atoms with Gasteiger partial charge in [0.25, 0.3) is 0 Å². The molecule has 1 aromatic carbocycles. The minimum atomic E-state index is -4.18. The van der Waals surface area contributed by atoms with Crippen LogP contribution in [-0.2, 0) is 13.1 Å². The van der Waals surface area contributed by atoms with E-state index in [4.69, 9.17) is 11.6 Å². The highest BCUT2D eigenvalue weighted by Gasteiger charge is 2.40. The Labute approximate surface area is 218 Å². The van der Waals surface area contributed by atoms with Gasteiger partial charge in [0.2, 0.25) is 5.95 Å². The number of fused-ring (bicyclic) bond motifs is 3. The Kier molecular flexibility index (Phi) is 6.32. The fraction of sp³-hybridized carbons (Fsp3) is 0.520. The predicted molar refractivity (Wildman–Crippen MR) is 133 cm³/mol. The van der Waals surface area contributed by atoms with Crippen molar-refractivity contribution in [1.29, 1.82) is 0 Å². The topological polar surface area (TPSA) is 66.2 Å². The van der Waals surface area contributed by atoms with Gasteiger partial charge in [-0.05, 0) is 49.6 Å². The third-order valence-electron chi connectivity index (χ3n) is 7.54. The summed E-state index contributed by atoms with van der Waals surface area (Å²) >= 11 is 6.37. The van der Waals surface area contributed by atoms with E-state index in [9.17, 15) is 13.2 Å². The van der Waals surface area contributed by atoms with E-state index in [1.807, 2.05) is 31.2 Å². The second kappa shape index (κ2) is 9.52. The van der Waals surface area contributed by atoms with Crippen molar-refractivity contribution in [1.82, 2.24) is 34.5 Å². The molecule has 0 N–H and O–H groups in total. The van der Waals surface area contributed by atoms with Crippen LogP contribution in [0.15, 0.2) is 30.5 Å². The molecule has 0 aliphatic carbocycles. The molecule has 0 atom stereocenters. The van der Waals surface area contributed by atoms with E-state index >= 15 is 0 Å². The van der Waals surface area contributed by atoms with Gasteiger partial charge in [-0.15, -0.1) is 10.2 Å². The summed E-state index contributed by atoms with van der Waals surface area (Å²) in [6.45, 7) is 4.65. The molecule has 2 aromatic heterocycles. The normalized spacial score (nSPS) is 19.9. The average Bonchev–Trinajstić information content (AvgIpc) is 3.16. The Hall–Kier alpha value is -2.76. The maximum Gasteiger partial charge on any atom is 0.401 e. The molecular formula is C25H28ClF3N8. The van der Waals surface area contributed by atoms with Crippen LogP contribution in [0.2, 0.25) is 5.02 Å². The van der Waals surface area contributed by atoms with Crippen molar-refractivity contribution in [2.45, 2.75) is 51.0 Å². The first kappa shape index (κ1) is 24.6. The van der Waals surface area contributed by atoms with Crippen LogP contribution in [-0.4, -0.2) is 79.5 Å². The fourth-order valence-corrected chi connectivity index (χ4v) is 5.85. The van der Waals surface area contributed by atoms with Crippen LogP contribution in [0, 0.1) is 6.92 Å². The molecule has 0 bridgehead atoms. The zero-order valence-electron chi connectivity index (χ0n) is 20.5. The van der Waals surface area contributed by atoms with Crippen LogP contribution in [0.1, 0.15) is 41.7 Å². The highest BCUT2D eigenvalue weighted by Crippen LogP contribution is 2.35. The number of nitrogens with zero attached hydrogens (tertiary/aromatic N) is 8. The standard InChI is InChI=1S/C25H28ClF3N8/c1-16-4-7-30-24(31-16)35-8-5-17(6-9-35)23-33-32-22-14-36(20-12-34(13-20)15-25(27,28)29)11-18-10-19(26)2-3-21(18)37(22)23/h2-4,7,10,17,20H,5-6,8-9,11-15H2,1H3. The maximum atomic E-state index is 12.8. The van der Waals surface area contributed by atoms with Crippen LogP contribution in [0.5, 0.6) is 0 Å². The SMILES string of the molecule is Cc1ccnc(N2CCC(c3nnc4n3-c3ccc(Cl)cc3CN(C3CN(CC(F)(F)F)C3)C4)CC2)n1. The number of alkyl halides is 3. The Morgan fingerprint density at radius 2 is 1.84 bits per heavy atom. The van der Waals surface area contributed by atoms with Crippen molar-refractivity contribution in [3.8, 4) is 5.69 Å². The summed E-state index contributed by atoms with van der Waals surface area (Å²) in [5.74, 6) is 2.73. The first-order chi connectivity index (χ1) is 17.7. The van der Waals surface area contributed by atoms with E-state index < -0.39 is 12.7 Å². The molecule has 6 rings (SSSR count). The van der Waals surface area contributed by atoms with Gasteiger partial charge in [-0.3, -0.25) is 14.4 Å². The second-order valence-corrected chi connectivity index (χ2v) is 10.6. The van der Waals surface area contributed by atoms with E-state index in [1.54, 1.807) is 6.20 Å². The molecule has 0 amide bonds. The van der Waals surface area contributed by atoms with Crippen molar-refractivity contribution < 1.29 is 13.2 Å². The number of benzene rings is 1. The number of aromatic nitrogens is 5. The molecule has 8 nitrogen and oxygen atoms in total. The first-order valence-corrected chi connectivity index (χ1v) is 12.9. The Balaban J connectivity index is 1.23.